The highest BCUT2D eigenvalue weighted by molar-refractivity contribution is 5.89. The van der Waals surface area contributed by atoms with Gasteiger partial charge in [-0.3, -0.25) is 0 Å². The number of nitrogens with zero attached hydrogens (tertiary/aromatic N) is 1. The Balaban J connectivity index is 2.04. The molecule has 1 aromatic carbocycles. The first-order chi connectivity index (χ1) is 9.72. The predicted molar refractivity (Wildman–Crippen MR) is 78.3 cm³/mol. The number of para-hydroxylation sites is 1. The molecule has 0 saturated carbocycles. The van der Waals surface area contributed by atoms with Gasteiger partial charge in [0.2, 0.25) is 0 Å². The topological polar surface area (TPSA) is 44.4 Å². The van der Waals surface area contributed by atoms with Gasteiger partial charge in [-0.15, -0.1) is 0 Å². The predicted octanol–water partition coefficient (Wildman–Crippen LogP) is 2.82. The second kappa shape index (κ2) is 7.24. The number of hydrogen-bond acceptors (Lipinski definition) is 2. The van der Waals surface area contributed by atoms with Crippen LogP contribution in [0.3, 0.4) is 0 Å². The fraction of sp³-hybridized carbons (Fsp3) is 0.533. The van der Waals surface area contributed by atoms with Crippen LogP contribution in [0.25, 0.3) is 0 Å². The van der Waals surface area contributed by atoms with E-state index in [4.69, 9.17) is 0 Å². The minimum absolute atomic E-state index is 0.190. The summed E-state index contributed by atoms with van der Waals surface area (Å²) in [6.07, 6.45) is 2.96. The van der Waals surface area contributed by atoms with Crippen molar-refractivity contribution in [3.8, 4) is 0 Å². The number of piperidine rings is 1. The van der Waals surface area contributed by atoms with Crippen LogP contribution < -0.4 is 10.6 Å². The smallest absolute Gasteiger partial charge is 0.320 e. The lowest BCUT2D eigenvalue weighted by molar-refractivity contribution is 0.173. The average molecular weight is 279 g/mol. The molecule has 4 nitrogen and oxygen atoms in total. The Morgan fingerprint density at radius 3 is 2.95 bits per heavy atom. The van der Waals surface area contributed by atoms with Crippen LogP contribution in [0.1, 0.15) is 26.2 Å². The highest BCUT2D eigenvalue weighted by Crippen LogP contribution is 2.16. The summed E-state index contributed by atoms with van der Waals surface area (Å²) in [6, 6.07) is 6.23. The van der Waals surface area contributed by atoms with Crippen LogP contribution in [0.2, 0.25) is 0 Å². The summed E-state index contributed by atoms with van der Waals surface area (Å²) in [7, 11) is 0. The molecule has 1 unspecified atom stereocenters. The molecule has 1 aliphatic rings. The molecule has 0 spiro atoms. The van der Waals surface area contributed by atoms with Gasteiger partial charge in [-0.25, -0.2) is 9.18 Å². The van der Waals surface area contributed by atoms with Gasteiger partial charge in [0.25, 0.3) is 0 Å². The summed E-state index contributed by atoms with van der Waals surface area (Å²) in [5, 5.41) is 5.98. The molecule has 0 bridgehead atoms. The molecule has 1 aromatic rings. The Morgan fingerprint density at radius 2 is 2.30 bits per heavy atom. The summed E-state index contributed by atoms with van der Waals surface area (Å²) in [5.74, 6) is -0.404. The zero-order chi connectivity index (χ0) is 14.4. The van der Waals surface area contributed by atoms with Crippen LogP contribution in [-0.2, 0) is 0 Å². The Bertz CT molecular complexity index is 446. The largest absolute Gasteiger partial charge is 0.322 e. The van der Waals surface area contributed by atoms with Gasteiger partial charge in [0.1, 0.15) is 5.82 Å². The average Bonchev–Trinajstić information content (AvgIpc) is 2.48. The van der Waals surface area contributed by atoms with Gasteiger partial charge in [-0.05, 0) is 37.9 Å². The quantitative estimate of drug-likeness (QED) is 0.890. The molecular weight excluding hydrogens is 257 g/mol. The number of nitrogens with one attached hydrogen (secondary N) is 2. The zero-order valence-corrected chi connectivity index (χ0v) is 11.9. The van der Waals surface area contributed by atoms with Crippen molar-refractivity contribution in [1.82, 2.24) is 10.2 Å². The van der Waals surface area contributed by atoms with Crippen LogP contribution in [0, 0.1) is 5.82 Å². The number of urea groups is 1. The Labute approximate surface area is 119 Å². The fourth-order valence-electron chi connectivity index (χ4n) is 2.54. The van der Waals surface area contributed by atoms with Gasteiger partial charge >= 0.3 is 6.03 Å². The maximum atomic E-state index is 13.6. The Hall–Kier alpha value is -1.62. The number of anilines is 1. The standard InChI is InChI=1S/C15H22FN3O/c1-2-10-19(12-6-5-9-17-11-12)15(20)18-14-8-4-3-7-13(14)16/h3-4,7-8,12,17H,2,5-6,9-11H2,1H3,(H,18,20). The highest BCUT2D eigenvalue weighted by Gasteiger charge is 2.25. The lowest BCUT2D eigenvalue weighted by atomic mass is 10.1. The van der Waals surface area contributed by atoms with E-state index in [1.54, 1.807) is 18.2 Å². The third-order valence-corrected chi connectivity index (χ3v) is 3.55. The fourth-order valence-corrected chi connectivity index (χ4v) is 2.54. The van der Waals surface area contributed by atoms with Crippen LogP contribution in [0.15, 0.2) is 24.3 Å². The van der Waals surface area contributed by atoms with Crippen LogP contribution in [0.4, 0.5) is 14.9 Å². The minimum atomic E-state index is -0.404. The number of carbonyl (C=O) groups is 1. The molecule has 20 heavy (non-hydrogen) atoms. The van der Waals surface area contributed by atoms with Crippen LogP contribution in [-0.4, -0.2) is 36.6 Å². The van der Waals surface area contributed by atoms with E-state index < -0.39 is 5.82 Å². The van der Waals surface area contributed by atoms with Crippen molar-refractivity contribution >= 4 is 11.7 Å². The van der Waals surface area contributed by atoms with Crippen molar-refractivity contribution in [1.29, 1.82) is 0 Å². The van der Waals surface area contributed by atoms with Gasteiger partial charge in [0, 0.05) is 19.1 Å². The van der Waals surface area contributed by atoms with Gasteiger partial charge in [-0.2, -0.15) is 0 Å². The Kier molecular flexibility index (Phi) is 5.35. The van der Waals surface area contributed by atoms with E-state index in [2.05, 4.69) is 10.6 Å². The number of hydrogen-bond donors (Lipinski definition) is 2. The summed E-state index contributed by atoms with van der Waals surface area (Å²) in [4.78, 5) is 14.2. The van der Waals surface area contributed by atoms with Crippen molar-refractivity contribution in [3.63, 3.8) is 0 Å². The van der Waals surface area contributed by atoms with E-state index in [0.29, 0.717) is 6.54 Å². The maximum Gasteiger partial charge on any atom is 0.322 e. The Morgan fingerprint density at radius 1 is 1.50 bits per heavy atom. The van der Waals surface area contributed by atoms with Gasteiger partial charge in [0.05, 0.1) is 5.69 Å². The number of amides is 2. The van der Waals surface area contributed by atoms with Crippen LogP contribution >= 0.6 is 0 Å². The third-order valence-electron chi connectivity index (χ3n) is 3.55. The van der Waals surface area contributed by atoms with Crippen LogP contribution in [0.5, 0.6) is 0 Å². The van der Waals surface area contributed by atoms with Gasteiger partial charge in [-0.1, -0.05) is 19.1 Å². The molecule has 0 aromatic heterocycles. The van der Waals surface area contributed by atoms with Crippen molar-refractivity contribution in [2.45, 2.75) is 32.2 Å². The van der Waals surface area contributed by atoms with E-state index in [0.717, 1.165) is 32.4 Å². The molecule has 1 aliphatic heterocycles. The van der Waals surface area contributed by atoms with E-state index in [9.17, 15) is 9.18 Å². The summed E-state index contributed by atoms with van der Waals surface area (Å²) >= 11 is 0. The van der Waals surface area contributed by atoms with Crippen molar-refractivity contribution in [2.75, 3.05) is 25.0 Å². The normalized spacial score (nSPS) is 18.6. The number of benzene rings is 1. The van der Waals surface area contributed by atoms with Crippen molar-refractivity contribution < 1.29 is 9.18 Å². The second-order valence-electron chi connectivity index (χ2n) is 5.10. The van der Waals surface area contributed by atoms with Gasteiger partial charge < -0.3 is 15.5 Å². The van der Waals surface area contributed by atoms with E-state index in [-0.39, 0.29) is 17.8 Å². The first-order valence-electron chi connectivity index (χ1n) is 7.25. The molecule has 1 heterocycles. The maximum absolute atomic E-state index is 13.6. The van der Waals surface area contributed by atoms with E-state index in [1.165, 1.54) is 6.07 Å². The van der Waals surface area contributed by atoms with Crippen molar-refractivity contribution in [2.24, 2.45) is 0 Å². The lowest BCUT2D eigenvalue weighted by Crippen LogP contribution is -2.50. The molecule has 1 saturated heterocycles. The molecule has 2 rings (SSSR count). The first kappa shape index (κ1) is 14.8. The third kappa shape index (κ3) is 3.70. The molecule has 0 radical (unpaired) electrons. The van der Waals surface area contributed by atoms with Gasteiger partial charge in [0.15, 0.2) is 0 Å². The SMILES string of the molecule is CCCN(C(=O)Nc1ccccc1F)C1CCCNC1. The molecule has 2 N–H and O–H groups in total. The molecule has 110 valence electrons. The summed E-state index contributed by atoms with van der Waals surface area (Å²) in [5.41, 5.74) is 0.238. The number of carbonyl (C=O) groups excluding carboxylic acids is 1. The first-order valence-corrected chi connectivity index (χ1v) is 7.25. The van der Waals surface area contributed by atoms with E-state index in [1.807, 2.05) is 11.8 Å². The minimum Gasteiger partial charge on any atom is -0.320 e. The zero-order valence-electron chi connectivity index (χ0n) is 11.9. The molecule has 2 amide bonds. The molecule has 5 heteroatoms. The second-order valence-corrected chi connectivity index (χ2v) is 5.10. The highest BCUT2D eigenvalue weighted by atomic mass is 19.1. The molecule has 0 aliphatic carbocycles. The lowest BCUT2D eigenvalue weighted by Gasteiger charge is -2.34. The molecular formula is C15H22FN3O. The molecule has 1 fully saturated rings. The summed E-state index contributed by atoms with van der Waals surface area (Å²) < 4.78 is 13.6. The monoisotopic (exact) mass is 279 g/mol. The molecule has 1 atom stereocenters. The number of rotatable bonds is 4. The van der Waals surface area contributed by atoms with E-state index >= 15 is 0 Å². The number of halogens is 1. The summed E-state index contributed by atoms with van der Waals surface area (Å²) in [6.45, 7) is 4.54. The van der Waals surface area contributed by atoms with Crippen molar-refractivity contribution in [3.05, 3.63) is 30.1 Å².